The SMILES string of the molecule is O=C(CC[C@@H]1OC(=O)N2c3ccc(N4CCOCC4=O)cc3OC[C@@H]12)Cc1ccc(Cl)cc1. The molecule has 2 saturated heterocycles. The number of rotatable bonds is 6. The van der Waals surface area contributed by atoms with E-state index in [4.69, 9.17) is 25.8 Å². The zero-order chi connectivity index (χ0) is 22.9. The molecule has 2 aromatic rings. The van der Waals surface area contributed by atoms with Crippen LogP contribution in [0.1, 0.15) is 18.4 Å². The van der Waals surface area contributed by atoms with Crippen molar-refractivity contribution in [2.45, 2.75) is 31.4 Å². The topological polar surface area (TPSA) is 85.4 Å². The summed E-state index contributed by atoms with van der Waals surface area (Å²) in [5, 5.41) is 0.630. The van der Waals surface area contributed by atoms with Crippen molar-refractivity contribution >= 4 is 40.8 Å². The Labute approximate surface area is 195 Å². The number of hydrogen-bond donors (Lipinski definition) is 0. The number of nitrogens with zero attached hydrogens (tertiary/aromatic N) is 2. The van der Waals surface area contributed by atoms with Crippen molar-refractivity contribution in [2.75, 3.05) is 36.2 Å². The number of fused-ring (bicyclic) bond motifs is 3. The molecule has 3 aliphatic rings. The molecule has 172 valence electrons. The number of carbonyl (C=O) groups is 3. The summed E-state index contributed by atoms with van der Waals surface area (Å²) >= 11 is 5.89. The molecule has 9 heteroatoms. The van der Waals surface area contributed by atoms with Gasteiger partial charge in [0, 0.05) is 36.2 Å². The van der Waals surface area contributed by atoms with Crippen LogP contribution in [0, 0.1) is 0 Å². The Morgan fingerprint density at radius 1 is 1.12 bits per heavy atom. The van der Waals surface area contributed by atoms with Gasteiger partial charge in [-0.25, -0.2) is 4.79 Å². The lowest BCUT2D eigenvalue weighted by atomic mass is 10.00. The van der Waals surface area contributed by atoms with Gasteiger partial charge in [-0.2, -0.15) is 0 Å². The minimum Gasteiger partial charge on any atom is -0.489 e. The number of carbonyl (C=O) groups excluding carboxylic acids is 3. The van der Waals surface area contributed by atoms with Gasteiger partial charge >= 0.3 is 6.09 Å². The van der Waals surface area contributed by atoms with Crippen LogP contribution in [0.5, 0.6) is 5.75 Å². The van der Waals surface area contributed by atoms with Crippen LogP contribution in [0.4, 0.5) is 16.2 Å². The lowest BCUT2D eigenvalue weighted by Gasteiger charge is -2.33. The fourth-order valence-electron chi connectivity index (χ4n) is 4.45. The number of morpholine rings is 1. The average Bonchev–Trinajstić information content (AvgIpc) is 3.15. The van der Waals surface area contributed by atoms with E-state index in [0.717, 1.165) is 5.56 Å². The minimum atomic E-state index is -0.449. The van der Waals surface area contributed by atoms with Crippen LogP contribution in [-0.4, -0.2) is 56.3 Å². The molecule has 0 saturated carbocycles. The van der Waals surface area contributed by atoms with Crippen LogP contribution < -0.4 is 14.5 Å². The predicted octanol–water partition coefficient (Wildman–Crippen LogP) is 3.38. The maximum absolute atomic E-state index is 12.7. The molecule has 3 heterocycles. The van der Waals surface area contributed by atoms with E-state index >= 15 is 0 Å². The average molecular weight is 471 g/mol. The summed E-state index contributed by atoms with van der Waals surface area (Å²) in [5.41, 5.74) is 2.21. The summed E-state index contributed by atoms with van der Waals surface area (Å²) in [6.45, 7) is 1.26. The quantitative estimate of drug-likeness (QED) is 0.643. The maximum atomic E-state index is 12.7. The molecular weight excluding hydrogens is 448 g/mol. The van der Waals surface area contributed by atoms with Crippen molar-refractivity contribution in [3.8, 4) is 5.75 Å². The van der Waals surface area contributed by atoms with E-state index in [1.807, 2.05) is 12.1 Å². The summed E-state index contributed by atoms with van der Waals surface area (Å²) in [6, 6.07) is 12.2. The van der Waals surface area contributed by atoms with Gasteiger partial charge in [0.05, 0.1) is 12.3 Å². The van der Waals surface area contributed by atoms with Crippen molar-refractivity contribution in [3.63, 3.8) is 0 Å². The molecule has 5 rings (SSSR count). The van der Waals surface area contributed by atoms with Gasteiger partial charge in [0.2, 0.25) is 0 Å². The minimum absolute atomic E-state index is 0.0525. The summed E-state index contributed by atoms with van der Waals surface area (Å²) in [4.78, 5) is 40.5. The van der Waals surface area contributed by atoms with Crippen LogP contribution in [0.3, 0.4) is 0 Å². The molecular formula is C24H23ClN2O6. The first-order valence-corrected chi connectivity index (χ1v) is 11.3. The first-order valence-electron chi connectivity index (χ1n) is 10.9. The Morgan fingerprint density at radius 3 is 2.73 bits per heavy atom. The van der Waals surface area contributed by atoms with E-state index in [1.165, 1.54) is 0 Å². The third kappa shape index (κ3) is 4.41. The van der Waals surface area contributed by atoms with E-state index in [9.17, 15) is 14.4 Å². The zero-order valence-corrected chi connectivity index (χ0v) is 18.6. The number of benzene rings is 2. The predicted molar refractivity (Wildman–Crippen MR) is 121 cm³/mol. The molecule has 0 unspecified atom stereocenters. The smallest absolute Gasteiger partial charge is 0.415 e. The number of ether oxygens (including phenoxy) is 3. The van der Waals surface area contributed by atoms with E-state index in [-0.39, 0.29) is 30.9 Å². The molecule has 0 spiro atoms. The number of Topliss-reactive ketones (excluding diaryl/α,β-unsaturated/α-hetero) is 1. The molecule has 0 N–H and O–H groups in total. The Balaban J connectivity index is 1.24. The van der Waals surface area contributed by atoms with Crippen molar-refractivity contribution in [2.24, 2.45) is 0 Å². The van der Waals surface area contributed by atoms with Gasteiger partial charge in [0.15, 0.2) is 0 Å². The van der Waals surface area contributed by atoms with Gasteiger partial charge in [-0.05, 0) is 36.2 Å². The number of cyclic esters (lactones) is 1. The Bertz CT molecular complexity index is 1090. The molecule has 0 bridgehead atoms. The number of anilines is 2. The highest BCUT2D eigenvalue weighted by Gasteiger charge is 2.46. The lowest BCUT2D eigenvalue weighted by molar-refractivity contribution is -0.125. The van der Waals surface area contributed by atoms with Crippen LogP contribution in [0.15, 0.2) is 42.5 Å². The molecule has 33 heavy (non-hydrogen) atoms. The summed E-state index contributed by atoms with van der Waals surface area (Å²) in [6.07, 6.45) is 0.165. The first-order chi connectivity index (χ1) is 16.0. The number of hydrogen-bond acceptors (Lipinski definition) is 6. The van der Waals surface area contributed by atoms with Gasteiger partial charge in [0.25, 0.3) is 5.91 Å². The monoisotopic (exact) mass is 470 g/mol. The number of halogens is 1. The van der Waals surface area contributed by atoms with Gasteiger partial charge in [0.1, 0.15) is 36.9 Å². The first kappa shape index (κ1) is 21.7. The van der Waals surface area contributed by atoms with Crippen LogP contribution in [-0.2, 0) is 25.5 Å². The highest BCUT2D eigenvalue weighted by molar-refractivity contribution is 6.30. The van der Waals surface area contributed by atoms with Gasteiger partial charge < -0.3 is 19.1 Å². The van der Waals surface area contributed by atoms with E-state index in [1.54, 1.807) is 40.1 Å². The fraction of sp³-hybridized carbons (Fsp3) is 0.375. The van der Waals surface area contributed by atoms with Crippen molar-refractivity contribution in [1.82, 2.24) is 0 Å². The third-order valence-corrected chi connectivity index (χ3v) is 6.39. The summed E-state index contributed by atoms with van der Waals surface area (Å²) in [7, 11) is 0. The van der Waals surface area contributed by atoms with Gasteiger partial charge in [-0.15, -0.1) is 0 Å². The second-order valence-corrected chi connectivity index (χ2v) is 8.74. The molecule has 2 aromatic carbocycles. The van der Waals surface area contributed by atoms with Gasteiger partial charge in [-0.3, -0.25) is 14.5 Å². The Hall–Kier alpha value is -3.10. The molecule has 0 aliphatic carbocycles. The molecule has 0 radical (unpaired) electrons. The standard InChI is InChI=1S/C24H23ClN2O6/c25-16-3-1-15(2-4-16)11-18(28)6-8-21-20-13-32-22-12-17(26-9-10-31-14-23(26)29)5-7-19(22)27(20)24(30)33-21/h1-5,7,12,20-21H,6,8-11,13-14H2/t20-,21-/m0/s1. The number of amides is 2. The highest BCUT2D eigenvalue weighted by Crippen LogP contribution is 2.41. The van der Waals surface area contributed by atoms with E-state index in [0.29, 0.717) is 54.6 Å². The fourth-order valence-corrected chi connectivity index (χ4v) is 4.58. The second-order valence-electron chi connectivity index (χ2n) is 8.30. The summed E-state index contributed by atoms with van der Waals surface area (Å²) < 4.78 is 16.7. The number of ketones is 1. The zero-order valence-electron chi connectivity index (χ0n) is 17.9. The summed E-state index contributed by atoms with van der Waals surface area (Å²) in [5.74, 6) is 0.488. The molecule has 2 amide bonds. The lowest BCUT2D eigenvalue weighted by Crippen LogP contribution is -2.45. The Morgan fingerprint density at radius 2 is 1.94 bits per heavy atom. The van der Waals surface area contributed by atoms with Crippen LogP contribution in [0.2, 0.25) is 5.02 Å². The second kappa shape index (κ2) is 9.03. The highest BCUT2D eigenvalue weighted by atomic mass is 35.5. The third-order valence-electron chi connectivity index (χ3n) is 6.14. The van der Waals surface area contributed by atoms with E-state index in [2.05, 4.69) is 0 Å². The van der Waals surface area contributed by atoms with Crippen molar-refractivity contribution in [3.05, 3.63) is 53.1 Å². The molecule has 8 nitrogen and oxygen atoms in total. The van der Waals surface area contributed by atoms with Crippen molar-refractivity contribution < 1.29 is 28.6 Å². The molecule has 3 aliphatic heterocycles. The molecule has 0 aromatic heterocycles. The van der Waals surface area contributed by atoms with Gasteiger partial charge in [-0.1, -0.05) is 23.7 Å². The molecule has 2 fully saturated rings. The van der Waals surface area contributed by atoms with E-state index < -0.39 is 12.2 Å². The Kier molecular flexibility index (Phi) is 5.95. The van der Waals surface area contributed by atoms with Crippen LogP contribution in [0.25, 0.3) is 0 Å². The molecule has 2 atom stereocenters. The largest absolute Gasteiger partial charge is 0.489 e. The van der Waals surface area contributed by atoms with Crippen LogP contribution >= 0.6 is 11.6 Å². The normalized spacial score (nSPS) is 21.8. The van der Waals surface area contributed by atoms with Crippen molar-refractivity contribution in [1.29, 1.82) is 0 Å². The maximum Gasteiger partial charge on any atom is 0.415 e.